The number of nitrogens with two attached hydrogens (primary N) is 1. The third-order valence-electron chi connectivity index (χ3n) is 2.48. The molecule has 1 aromatic carbocycles. The molecule has 0 aromatic heterocycles. The molecule has 94 valence electrons. The molecule has 0 aliphatic rings. The molecular weight excluding hydrogens is 289 g/mol. The molecule has 1 rings (SSSR count). The SMILES string of the molecule is CCOC(=O)C(CC)c1cc(F)cc(Br)c1N. The van der Waals surface area contributed by atoms with Gasteiger partial charge in [0.15, 0.2) is 0 Å². The Morgan fingerprint density at radius 2 is 2.18 bits per heavy atom. The second kappa shape index (κ2) is 6.00. The van der Waals surface area contributed by atoms with Crippen LogP contribution in [-0.4, -0.2) is 12.6 Å². The average molecular weight is 304 g/mol. The van der Waals surface area contributed by atoms with Crippen molar-refractivity contribution < 1.29 is 13.9 Å². The Morgan fingerprint density at radius 1 is 1.53 bits per heavy atom. The van der Waals surface area contributed by atoms with Gasteiger partial charge in [-0.15, -0.1) is 0 Å². The lowest BCUT2D eigenvalue weighted by Crippen LogP contribution is -2.17. The molecule has 0 saturated heterocycles. The van der Waals surface area contributed by atoms with Gasteiger partial charge in [0.25, 0.3) is 0 Å². The summed E-state index contributed by atoms with van der Waals surface area (Å²) in [5, 5.41) is 0. The maximum atomic E-state index is 13.3. The van der Waals surface area contributed by atoms with Gasteiger partial charge in [-0.05, 0) is 47.0 Å². The van der Waals surface area contributed by atoms with Crippen molar-refractivity contribution in [3.8, 4) is 0 Å². The normalized spacial score (nSPS) is 12.2. The minimum absolute atomic E-state index is 0.297. The Morgan fingerprint density at radius 3 is 2.71 bits per heavy atom. The van der Waals surface area contributed by atoms with Crippen molar-refractivity contribution in [3.05, 3.63) is 28.0 Å². The number of carbonyl (C=O) groups excluding carboxylic acids is 1. The summed E-state index contributed by atoms with van der Waals surface area (Å²) < 4.78 is 18.7. The predicted octanol–water partition coefficient (Wildman–Crippen LogP) is 3.23. The third kappa shape index (κ3) is 3.19. The maximum absolute atomic E-state index is 13.3. The fourth-order valence-electron chi connectivity index (χ4n) is 1.65. The Balaban J connectivity index is 3.15. The molecule has 5 heteroatoms. The molecule has 0 bridgehead atoms. The largest absolute Gasteiger partial charge is 0.466 e. The van der Waals surface area contributed by atoms with Crippen LogP contribution < -0.4 is 5.73 Å². The minimum atomic E-state index is -0.526. The summed E-state index contributed by atoms with van der Waals surface area (Å²) in [4.78, 5) is 11.7. The van der Waals surface area contributed by atoms with Crippen molar-refractivity contribution in [2.45, 2.75) is 26.2 Å². The van der Waals surface area contributed by atoms with Crippen LogP contribution in [0.4, 0.5) is 10.1 Å². The van der Waals surface area contributed by atoms with Crippen LogP contribution in [0, 0.1) is 5.82 Å². The first-order valence-corrected chi connectivity index (χ1v) is 6.21. The monoisotopic (exact) mass is 303 g/mol. The summed E-state index contributed by atoms with van der Waals surface area (Å²) >= 11 is 3.17. The highest BCUT2D eigenvalue weighted by Gasteiger charge is 2.23. The van der Waals surface area contributed by atoms with Gasteiger partial charge in [-0.25, -0.2) is 4.39 Å². The predicted molar refractivity (Wildman–Crippen MR) is 68.2 cm³/mol. The van der Waals surface area contributed by atoms with Crippen molar-refractivity contribution in [2.75, 3.05) is 12.3 Å². The second-order valence-corrected chi connectivity index (χ2v) is 4.46. The van der Waals surface area contributed by atoms with E-state index in [9.17, 15) is 9.18 Å². The van der Waals surface area contributed by atoms with Crippen LogP contribution in [0.2, 0.25) is 0 Å². The number of anilines is 1. The molecule has 0 aliphatic carbocycles. The van der Waals surface area contributed by atoms with E-state index in [0.717, 1.165) is 0 Å². The second-order valence-electron chi connectivity index (χ2n) is 3.60. The summed E-state index contributed by atoms with van der Waals surface area (Å²) in [6, 6.07) is 2.56. The summed E-state index contributed by atoms with van der Waals surface area (Å²) in [7, 11) is 0. The Labute approximate surface area is 108 Å². The number of carbonyl (C=O) groups is 1. The van der Waals surface area contributed by atoms with E-state index in [1.54, 1.807) is 6.92 Å². The summed E-state index contributed by atoms with van der Waals surface area (Å²) in [6.45, 7) is 3.86. The molecule has 0 saturated carbocycles. The zero-order valence-electron chi connectivity index (χ0n) is 9.80. The highest BCUT2D eigenvalue weighted by Crippen LogP contribution is 2.32. The summed E-state index contributed by atoms with van der Waals surface area (Å²) in [6.07, 6.45) is 0.513. The lowest BCUT2D eigenvalue weighted by Gasteiger charge is -2.17. The van der Waals surface area contributed by atoms with E-state index in [4.69, 9.17) is 10.5 Å². The van der Waals surface area contributed by atoms with E-state index >= 15 is 0 Å². The van der Waals surface area contributed by atoms with Gasteiger partial charge in [0, 0.05) is 4.47 Å². The lowest BCUT2D eigenvalue weighted by molar-refractivity contribution is -0.145. The first kappa shape index (κ1) is 14.0. The van der Waals surface area contributed by atoms with Crippen molar-refractivity contribution in [3.63, 3.8) is 0 Å². The van der Waals surface area contributed by atoms with Crippen molar-refractivity contribution in [1.29, 1.82) is 0 Å². The molecule has 0 spiro atoms. The smallest absolute Gasteiger partial charge is 0.313 e. The molecule has 0 fully saturated rings. The third-order valence-corrected chi connectivity index (χ3v) is 3.14. The topological polar surface area (TPSA) is 52.3 Å². The van der Waals surface area contributed by atoms with Crippen molar-refractivity contribution in [2.24, 2.45) is 0 Å². The lowest BCUT2D eigenvalue weighted by atomic mass is 9.95. The van der Waals surface area contributed by atoms with Crippen LogP contribution in [0.25, 0.3) is 0 Å². The van der Waals surface area contributed by atoms with Gasteiger partial charge < -0.3 is 10.5 Å². The van der Waals surface area contributed by atoms with Gasteiger partial charge in [0.1, 0.15) is 5.82 Å². The zero-order chi connectivity index (χ0) is 13.0. The molecule has 1 unspecified atom stereocenters. The van der Waals surface area contributed by atoms with Crippen LogP contribution in [-0.2, 0) is 9.53 Å². The molecule has 2 N–H and O–H groups in total. The van der Waals surface area contributed by atoms with Crippen LogP contribution >= 0.6 is 15.9 Å². The first-order chi connectivity index (χ1) is 8.01. The number of rotatable bonds is 4. The standard InChI is InChI=1S/C12H15BrFNO2/c1-3-8(12(16)17-4-2)9-5-7(14)6-10(13)11(9)15/h5-6,8H,3-4,15H2,1-2H3. The Bertz CT molecular complexity index is 423. The molecule has 17 heavy (non-hydrogen) atoms. The molecular formula is C12H15BrFNO2. The number of halogens is 2. The first-order valence-electron chi connectivity index (χ1n) is 5.42. The van der Waals surface area contributed by atoms with E-state index in [0.29, 0.717) is 28.8 Å². The molecule has 0 aliphatic heterocycles. The fraction of sp³-hybridized carbons (Fsp3) is 0.417. The van der Waals surface area contributed by atoms with E-state index in [2.05, 4.69) is 15.9 Å². The van der Waals surface area contributed by atoms with E-state index < -0.39 is 11.7 Å². The maximum Gasteiger partial charge on any atom is 0.313 e. The summed E-state index contributed by atoms with van der Waals surface area (Å²) in [5.41, 5.74) is 6.69. The van der Waals surface area contributed by atoms with E-state index in [1.807, 2.05) is 6.92 Å². The molecule has 0 radical (unpaired) electrons. The fourth-order valence-corrected chi connectivity index (χ4v) is 2.10. The molecule has 3 nitrogen and oxygen atoms in total. The van der Waals surface area contributed by atoms with Crippen molar-refractivity contribution in [1.82, 2.24) is 0 Å². The molecule has 0 heterocycles. The van der Waals surface area contributed by atoms with Gasteiger partial charge in [-0.2, -0.15) is 0 Å². The zero-order valence-corrected chi connectivity index (χ0v) is 11.4. The van der Waals surface area contributed by atoms with E-state index in [-0.39, 0.29) is 5.97 Å². The van der Waals surface area contributed by atoms with Gasteiger partial charge in [-0.3, -0.25) is 4.79 Å². The Hall–Kier alpha value is -1.10. The number of nitrogen functional groups attached to an aromatic ring is 1. The van der Waals surface area contributed by atoms with Gasteiger partial charge in [0.2, 0.25) is 0 Å². The molecule has 0 amide bonds. The molecule has 1 aromatic rings. The van der Waals surface area contributed by atoms with E-state index in [1.165, 1.54) is 12.1 Å². The molecule has 1 atom stereocenters. The number of hydrogen-bond acceptors (Lipinski definition) is 3. The van der Waals surface area contributed by atoms with Crippen LogP contribution in [0.5, 0.6) is 0 Å². The average Bonchev–Trinajstić information content (AvgIpc) is 2.26. The quantitative estimate of drug-likeness (QED) is 0.686. The van der Waals surface area contributed by atoms with Crippen LogP contribution in [0.15, 0.2) is 16.6 Å². The Kier molecular flexibility index (Phi) is 4.93. The van der Waals surface area contributed by atoms with Crippen LogP contribution in [0.1, 0.15) is 31.7 Å². The number of esters is 1. The highest BCUT2D eigenvalue weighted by atomic mass is 79.9. The minimum Gasteiger partial charge on any atom is -0.466 e. The van der Waals surface area contributed by atoms with Crippen molar-refractivity contribution >= 4 is 27.6 Å². The van der Waals surface area contributed by atoms with Gasteiger partial charge >= 0.3 is 5.97 Å². The van der Waals surface area contributed by atoms with Crippen LogP contribution in [0.3, 0.4) is 0 Å². The number of ether oxygens (including phenoxy) is 1. The number of benzene rings is 1. The summed E-state index contributed by atoms with van der Waals surface area (Å²) in [5.74, 6) is -1.33. The van der Waals surface area contributed by atoms with Gasteiger partial charge in [0.05, 0.1) is 18.2 Å². The highest BCUT2D eigenvalue weighted by molar-refractivity contribution is 9.10. The number of hydrogen-bond donors (Lipinski definition) is 1. The van der Waals surface area contributed by atoms with Gasteiger partial charge in [-0.1, -0.05) is 6.92 Å².